The number of hydrazine groups is 1. The maximum Gasteiger partial charge on any atom is 0.257 e. The van der Waals surface area contributed by atoms with Gasteiger partial charge in [0, 0.05) is 5.02 Å². The Kier molecular flexibility index (Phi) is 3.71. The van der Waals surface area contributed by atoms with E-state index in [1.807, 2.05) is 66.7 Å². The minimum Gasteiger partial charge on any atom is -0.291 e. The summed E-state index contributed by atoms with van der Waals surface area (Å²) < 4.78 is 0. The molecule has 0 saturated heterocycles. The zero-order valence-electron chi connectivity index (χ0n) is 12.8. The molecule has 0 aromatic heterocycles. The van der Waals surface area contributed by atoms with Crippen LogP contribution >= 0.6 is 11.6 Å². The Morgan fingerprint density at radius 3 is 2.25 bits per heavy atom. The lowest BCUT2D eigenvalue weighted by Crippen LogP contribution is -2.34. The lowest BCUT2D eigenvalue weighted by Gasteiger charge is -2.20. The fourth-order valence-electron chi connectivity index (χ4n) is 3.05. The van der Waals surface area contributed by atoms with Crippen LogP contribution in [0.3, 0.4) is 0 Å². The summed E-state index contributed by atoms with van der Waals surface area (Å²) in [6.07, 6.45) is 0. The van der Waals surface area contributed by atoms with Crippen molar-refractivity contribution in [3.8, 4) is 0 Å². The van der Waals surface area contributed by atoms with Crippen molar-refractivity contribution >= 4 is 28.9 Å². The monoisotopic (exact) mass is 334 g/mol. The van der Waals surface area contributed by atoms with Gasteiger partial charge in [-0.3, -0.25) is 10.2 Å². The lowest BCUT2D eigenvalue weighted by atomic mass is 9.93. The second-order valence-electron chi connectivity index (χ2n) is 5.69. The molecule has 0 bridgehead atoms. The molecule has 1 aliphatic heterocycles. The minimum atomic E-state index is -0.290. The second-order valence-corrected chi connectivity index (χ2v) is 6.13. The molecule has 0 fully saturated rings. The first-order valence-corrected chi connectivity index (χ1v) is 8.12. The first-order valence-electron chi connectivity index (χ1n) is 7.74. The number of hydrogen-bond acceptors (Lipinski definition) is 2. The molecule has 0 radical (unpaired) electrons. The molecule has 24 heavy (non-hydrogen) atoms. The molecule has 1 atom stereocenters. The number of hydrogen-bond donors (Lipinski definition) is 1. The first-order chi connectivity index (χ1) is 11.7. The van der Waals surface area contributed by atoms with Crippen LogP contribution in [0.5, 0.6) is 0 Å². The van der Waals surface area contributed by atoms with Gasteiger partial charge < -0.3 is 0 Å². The first kappa shape index (κ1) is 14.8. The van der Waals surface area contributed by atoms with E-state index >= 15 is 0 Å². The average Bonchev–Trinajstić information content (AvgIpc) is 2.90. The third-order valence-corrected chi connectivity index (χ3v) is 4.43. The van der Waals surface area contributed by atoms with E-state index in [4.69, 9.17) is 11.6 Å². The van der Waals surface area contributed by atoms with Crippen LogP contribution < -0.4 is 10.4 Å². The van der Waals surface area contributed by atoms with E-state index in [2.05, 4.69) is 5.43 Å². The standard InChI is InChI=1S/C20H15ClN2O/c21-15-10-12-16(13-11-15)22-23-18-9-5-4-8-17(18)19(20(23)24)14-6-2-1-3-7-14/h1-13,19,22H. The fourth-order valence-corrected chi connectivity index (χ4v) is 3.18. The van der Waals surface area contributed by atoms with Gasteiger partial charge in [0.1, 0.15) is 0 Å². The van der Waals surface area contributed by atoms with E-state index in [9.17, 15) is 4.79 Å². The highest BCUT2D eigenvalue weighted by molar-refractivity contribution is 6.30. The third-order valence-electron chi connectivity index (χ3n) is 4.17. The van der Waals surface area contributed by atoms with Gasteiger partial charge in [-0.05, 0) is 41.5 Å². The van der Waals surface area contributed by atoms with Crippen molar-refractivity contribution in [3.05, 3.63) is 95.0 Å². The number of fused-ring (bicyclic) bond motifs is 1. The number of benzene rings is 3. The van der Waals surface area contributed by atoms with Crippen molar-refractivity contribution in [2.45, 2.75) is 5.92 Å². The number of rotatable bonds is 3. The Balaban J connectivity index is 1.74. The highest BCUT2D eigenvalue weighted by Gasteiger charge is 2.38. The van der Waals surface area contributed by atoms with Crippen LogP contribution in [0, 0.1) is 0 Å². The molecule has 0 saturated carbocycles. The largest absolute Gasteiger partial charge is 0.291 e. The maximum atomic E-state index is 13.1. The van der Waals surface area contributed by atoms with Gasteiger partial charge in [0.25, 0.3) is 5.91 Å². The minimum absolute atomic E-state index is 0.0114. The van der Waals surface area contributed by atoms with E-state index in [0.717, 1.165) is 22.5 Å². The molecule has 4 heteroatoms. The Bertz CT molecular complexity index is 878. The number of para-hydroxylation sites is 1. The lowest BCUT2D eigenvalue weighted by molar-refractivity contribution is -0.118. The second kappa shape index (κ2) is 6.02. The molecular weight excluding hydrogens is 320 g/mol. The number of amides is 1. The summed E-state index contributed by atoms with van der Waals surface area (Å²) in [5, 5.41) is 2.28. The molecule has 0 aliphatic carbocycles. The van der Waals surface area contributed by atoms with Gasteiger partial charge in [0.05, 0.1) is 17.3 Å². The summed E-state index contributed by atoms with van der Waals surface area (Å²) in [6, 6.07) is 25.0. The predicted octanol–water partition coefficient (Wildman–Crippen LogP) is 4.85. The number of anilines is 2. The molecular formula is C20H15ClN2O. The van der Waals surface area contributed by atoms with Crippen LogP contribution in [0.2, 0.25) is 5.02 Å². The van der Waals surface area contributed by atoms with Crippen molar-refractivity contribution in [2.24, 2.45) is 0 Å². The number of carbonyl (C=O) groups is 1. The highest BCUT2D eigenvalue weighted by atomic mass is 35.5. The summed E-state index contributed by atoms with van der Waals surface area (Å²) in [5.41, 5.74) is 6.90. The highest BCUT2D eigenvalue weighted by Crippen LogP contribution is 2.40. The van der Waals surface area contributed by atoms with Crippen molar-refractivity contribution < 1.29 is 4.79 Å². The molecule has 1 N–H and O–H groups in total. The van der Waals surface area contributed by atoms with E-state index in [0.29, 0.717) is 5.02 Å². The van der Waals surface area contributed by atoms with Crippen molar-refractivity contribution in [2.75, 3.05) is 10.4 Å². The Labute approximate surface area is 145 Å². The van der Waals surface area contributed by atoms with Gasteiger partial charge in [-0.15, -0.1) is 0 Å². The molecule has 1 unspecified atom stereocenters. The van der Waals surface area contributed by atoms with Crippen LogP contribution in [0.1, 0.15) is 17.0 Å². The Morgan fingerprint density at radius 1 is 0.833 bits per heavy atom. The number of halogens is 1. The molecule has 3 aromatic rings. The van der Waals surface area contributed by atoms with Crippen molar-refractivity contribution in [1.29, 1.82) is 0 Å². The van der Waals surface area contributed by atoms with Gasteiger partial charge in [0.2, 0.25) is 0 Å². The molecule has 3 aromatic carbocycles. The zero-order valence-corrected chi connectivity index (χ0v) is 13.6. The van der Waals surface area contributed by atoms with E-state index in [1.54, 1.807) is 17.1 Å². The maximum absolute atomic E-state index is 13.1. The predicted molar refractivity (Wildman–Crippen MR) is 97.3 cm³/mol. The van der Waals surface area contributed by atoms with Crippen LogP contribution in [-0.4, -0.2) is 5.91 Å². The van der Waals surface area contributed by atoms with Crippen LogP contribution in [-0.2, 0) is 4.79 Å². The molecule has 1 aliphatic rings. The molecule has 1 heterocycles. The Hall–Kier alpha value is -2.78. The van der Waals surface area contributed by atoms with E-state index in [1.165, 1.54) is 0 Å². The smallest absolute Gasteiger partial charge is 0.257 e. The molecule has 3 nitrogen and oxygen atoms in total. The zero-order chi connectivity index (χ0) is 16.5. The van der Waals surface area contributed by atoms with Crippen LogP contribution in [0.15, 0.2) is 78.9 Å². The molecule has 1 amide bonds. The summed E-state index contributed by atoms with van der Waals surface area (Å²) in [7, 11) is 0. The Morgan fingerprint density at radius 2 is 1.50 bits per heavy atom. The summed E-state index contributed by atoms with van der Waals surface area (Å²) in [6.45, 7) is 0. The number of nitrogens with one attached hydrogen (secondary N) is 1. The molecule has 0 spiro atoms. The molecule has 118 valence electrons. The fraction of sp³-hybridized carbons (Fsp3) is 0.0500. The SMILES string of the molecule is O=C1C(c2ccccc2)c2ccccc2N1Nc1ccc(Cl)cc1. The van der Waals surface area contributed by atoms with Gasteiger partial charge in [0.15, 0.2) is 0 Å². The van der Waals surface area contributed by atoms with Crippen LogP contribution in [0.25, 0.3) is 0 Å². The summed E-state index contributed by atoms with van der Waals surface area (Å²) in [4.78, 5) is 13.1. The van der Waals surface area contributed by atoms with Gasteiger partial charge in [-0.25, -0.2) is 5.01 Å². The van der Waals surface area contributed by atoms with E-state index in [-0.39, 0.29) is 11.8 Å². The van der Waals surface area contributed by atoms with Crippen molar-refractivity contribution in [1.82, 2.24) is 0 Å². The third kappa shape index (κ3) is 2.53. The summed E-state index contributed by atoms with van der Waals surface area (Å²) in [5.74, 6) is -0.278. The molecule has 4 rings (SSSR count). The number of nitrogens with zero attached hydrogens (tertiary/aromatic N) is 1. The quantitative estimate of drug-likeness (QED) is 0.743. The van der Waals surface area contributed by atoms with E-state index < -0.39 is 0 Å². The van der Waals surface area contributed by atoms with Gasteiger partial charge in [-0.1, -0.05) is 60.1 Å². The van der Waals surface area contributed by atoms with Gasteiger partial charge >= 0.3 is 0 Å². The number of carbonyl (C=O) groups excluding carboxylic acids is 1. The van der Waals surface area contributed by atoms with Crippen molar-refractivity contribution in [3.63, 3.8) is 0 Å². The summed E-state index contributed by atoms with van der Waals surface area (Å²) >= 11 is 5.93. The topological polar surface area (TPSA) is 32.3 Å². The normalized spacial score (nSPS) is 16.1. The van der Waals surface area contributed by atoms with Gasteiger partial charge in [-0.2, -0.15) is 0 Å². The average molecular weight is 335 g/mol. The van der Waals surface area contributed by atoms with Crippen LogP contribution in [0.4, 0.5) is 11.4 Å².